The molecule has 33 heavy (non-hydrogen) atoms. The van der Waals surface area contributed by atoms with E-state index in [1.54, 1.807) is 48.5 Å². The minimum Gasteiger partial charge on any atom is -0.479 e. The second-order valence-corrected chi connectivity index (χ2v) is 9.63. The van der Waals surface area contributed by atoms with Crippen LogP contribution in [-0.2, 0) is 9.59 Å². The summed E-state index contributed by atoms with van der Waals surface area (Å²) in [4.78, 5) is 41.0. The first-order chi connectivity index (χ1) is 15.7. The van der Waals surface area contributed by atoms with Gasteiger partial charge in [-0.15, -0.1) is 0 Å². The van der Waals surface area contributed by atoms with Gasteiger partial charge in [-0.3, -0.25) is 9.59 Å². The minimum atomic E-state index is -1.44. The van der Waals surface area contributed by atoms with Gasteiger partial charge in [-0.1, -0.05) is 47.5 Å². The molecule has 2 unspecified atom stereocenters. The summed E-state index contributed by atoms with van der Waals surface area (Å²) in [6.07, 6.45) is 0. The van der Waals surface area contributed by atoms with E-state index in [1.807, 2.05) is 6.92 Å². The van der Waals surface area contributed by atoms with E-state index in [0.717, 1.165) is 14.0 Å². The zero-order chi connectivity index (χ0) is 23.9. The maximum Gasteiger partial charge on any atom is 0.331 e. The lowest BCUT2D eigenvalue weighted by molar-refractivity contribution is -0.144. The number of nitrogens with one attached hydrogen (secondary N) is 1. The number of fused-ring (bicyclic) bond motifs is 1. The molecule has 3 aromatic rings. The van der Waals surface area contributed by atoms with E-state index in [-0.39, 0.29) is 5.56 Å². The van der Waals surface area contributed by atoms with Crippen molar-refractivity contribution in [3.63, 3.8) is 0 Å². The van der Waals surface area contributed by atoms with E-state index in [1.165, 1.54) is 12.1 Å². The molecule has 0 aromatic heterocycles. The molecule has 2 N–H and O–H groups in total. The van der Waals surface area contributed by atoms with Gasteiger partial charge in [-0.25, -0.2) is 4.79 Å². The Hall–Kier alpha value is -2.62. The Kier molecular flexibility index (Phi) is 6.65. The molecule has 2 atom stereocenters. The number of halogens is 3. The summed E-state index contributed by atoms with van der Waals surface area (Å²) in [5.41, 5.74) is 2.19. The van der Waals surface area contributed by atoms with Crippen molar-refractivity contribution in [2.45, 2.75) is 19.0 Å². The van der Waals surface area contributed by atoms with Crippen LogP contribution in [0.25, 0.3) is 0 Å². The van der Waals surface area contributed by atoms with Crippen LogP contribution >= 0.6 is 45.8 Å². The molecule has 0 aliphatic carbocycles. The van der Waals surface area contributed by atoms with Crippen molar-refractivity contribution in [1.29, 1.82) is 0 Å². The number of rotatable bonds is 4. The Labute approximate surface area is 213 Å². The number of nitrogens with zero attached hydrogens (tertiary/aromatic N) is 1. The van der Waals surface area contributed by atoms with E-state index >= 15 is 0 Å². The van der Waals surface area contributed by atoms with Crippen LogP contribution in [0.5, 0.6) is 0 Å². The third kappa shape index (κ3) is 4.58. The van der Waals surface area contributed by atoms with Gasteiger partial charge in [0.25, 0.3) is 11.8 Å². The fourth-order valence-electron chi connectivity index (χ4n) is 3.84. The van der Waals surface area contributed by atoms with Crippen molar-refractivity contribution in [3.05, 3.63) is 96.5 Å². The summed E-state index contributed by atoms with van der Waals surface area (Å²) in [5, 5.41) is 13.9. The lowest BCUT2D eigenvalue weighted by Gasteiger charge is -2.34. The number of aliphatic carboxylic acids is 1. The van der Waals surface area contributed by atoms with Gasteiger partial charge in [-0.2, -0.15) is 0 Å². The number of amides is 2. The number of hydrogen-bond donors (Lipinski definition) is 2. The highest BCUT2D eigenvalue weighted by Gasteiger charge is 2.44. The van der Waals surface area contributed by atoms with Crippen LogP contribution in [0.1, 0.15) is 39.1 Å². The van der Waals surface area contributed by atoms with Crippen molar-refractivity contribution in [3.8, 4) is 0 Å². The highest BCUT2D eigenvalue weighted by Crippen LogP contribution is 2.39. The smallest absolute Gasteiger partial charge is 0.331 e. The molecule has 4 rings (SSSR count). The Balaban J connectivity index is 1.97. The number of anilines is 1. The van der Waals surface area contributed by atoms with E-state index < -0.39 is 29.9 Å². The summed E-state index contributed by atoms with van der Waals surface area (Å²) < 4.78 is 0.817. The largest absolute Gasteiger partial charge is 0.479 e. The predicted molar refractivity (Wildman–Crippen MR) is 135 cm³/mol. The molecule has 0 spiro atoms. The van der Waals surface area contributed by atoms with Crippen LogP contribution in [0, 0.1) is 10.5 Å². The zero-order valence-corrected chi connectivity index (χ0v) is 20.9. The van der Waals surface area contributed by atoms with E-state index in [0.29, 0.717) is 26.9 Å². The Morgan fingerprint density at radius 3 is 2.18 bits per heavy atom. The lowest BCUT2D eigenvalue weighted by atomic mass is 9.97. The molecule has 168 valence electrons. The number of benzene rings is 3. The van der Waals surface area contributed by atoms with Gasteiger partial charge in [-0.05, 0) is 82.6 Å². The van der Waals surface area contributed by atoms with Gasteiger partial charge in [0.05, 0.1) is 11.3 Å². The highest BCUT2D eigenvalue weighted by atomic mass is 127. The maximum atomic E-state index is 13.9. The summed E-state index contributed by atoms with van der Waals surface area (Å²) in [6.45, 7) is 1.87. The fraction of sp³-hybridized carbons (Fsp3) is 0.125. The third-order valence-electron chi connectivity index (χ3n) is 5.43. The number of carbonyl (C=O) groups excluding carboxylic acids is 2. The average molecular weight is 595 g/mol. The summed E-state index contributed by atoms with van der Waals surface area (Å²) >= 11 is 14.1. The van der Waals surface area contributed by atoms with Crippen LogP contribution in [0.15, 0.2) is 60.7 Å². The standard InChI is InChI=1S/C24H17Cl2IN2O4/c1-12-10-19-17(11-18(12)27)23(31)29(21(24(32)33)14-4-8-16(26)9-5-14)20(22(30)28-19)13-2-6-15(25)7-3-13/h2-11,20-21H,1H3,(H,28,30)(H,32,33). The number of aryl methyl sites for hydroxylation is 1. The molecule has 0 saturated heterocycles. The summed E-state index contributed by atoms with van der Waals surface area (Å²) in [7, 11) is 0. The normalized spacial score (nSPS) is 16.6. The van der Waals surface area contributed by atoms with E-state index in [9.17, 15) is 19.5 Å². The second kappa shape index (κ2) is 9.32. The molecule has 0 fully saturated rings. The van der Waals surface area contributed by atoms with Crippen LogP contribution in [-0.4, -0.2) is 27.8 Å². The first kappa shape index (κ1) is 23.5. The molecule has 1 aliphatic heterocycles. The van der Waals surface area contributed by atoms with Crippen molar-refractivity contribution < 1.29 is 19.5 Å². The van der Waals surface area contributed by atoms with Crippen LogP contribution < -0.4 is 5.32 Å². The number of carboxylic acid groups (broad SMARTS) is 1. The second-order valence-electron chi connectivity index (χ2n) is 7.60. The van der Waals surface area contributed by atoms with Crippen molar-refractivity contribution in [1.82, 2.24) is 4.90 Å². The van der Waals surface area contributed by atoms with Gasteiger partial charge in [0.2, 0.25) is 0 Å². The Morgan fingerprint density at radius 2 is 1.61 bits per heavy atom. The van der Waals surface area contributed by atoms with Crippen molar-refractivity contribution >= 4 is 69.3 Å². The Morgan fingerprint density at radius 1 is 1.03 bits per heavy atom. The SMILES string of the molecule is Cc1cc2c(cc1I)C(=O)N(C(C(=O)O)c1ccc(Cl)cc1)C(c1ccc(Cl)cc1)C(=O)N2. The van der Waals surface area contributed by atoms with Gasteiger partial charge < -0.3 is 15.3 Å². The third-order valence-corrected chi connectivity index (χ3v) is 7.10. The fourth-order valence-corrected chi connectivity index (χ4v) is 4.56. The number of hydrogen-bond acceptors (Lipinski definition) is 3. The average Bonchev–Trinajstić information content (AvgIpc) is 2.86. The molecular formula is C24H17Cl2IN2O4. The van der Waals surface area contributed by atoms with Gasteiger partial charge >= 0.3 is 5.97 Å². The molecule has 6 nitrogen and oxygen atoms in total. The van der Waals surface area contributed by atoms with Gasteiger partial charge in [0.1, 0.15) is 6.04 Å². The van der Waals surface area contributed by atoms with E-state index in [2.05, 4.69) is 27.9 Å². The first-order valence-corrected chi connectivity index (χ1v) is 11.7. The predicted octanol–water partition coefficient (Wildman–Crippen LogP) is 5.87. The molecular weight excluding hydrogens is 578 g/mol. The van der Waals surface area contributed by atoms with Gasteiger partial charge in [0.15, 0.2) is 6.04 Å². The lowest BCUT2D eigenvalue weighted by Crippen LogP contribution is -2.44. The van der Waals surface area contributed by atoms with Crippen LogP contribution in [0.4, 0.5) is 5.69 Å². The van der Waals surface area contributed by atoms with E-state index in [4.69, 9.17) is 23.2 Å². The molecule has 2 amide bonds. The zero-order valence-electron chi connectivity index (χ0n) is 17.2. The molecule has 9 heteroatoms. The highest BCUT2D eigenvalue weighted by molar-refractivity contribution is 14.1. The maximum absolute atomic E-state index is 13.9. The van der Waals surface area contributed by atoms with Crippen molar-refractivity contribution in [2.75, 3.05) is 5.32 Å². The van der Waals surface area contributed by atoms with Gasteiger partial charge in [0, 0.05) is 13.6 Å². The molecule has 1 heterocycles. The monoisotopic (exact) mass is 594 g/mol. The Bertz CT molecular complexity index is 1260. The molecule has 1 aliphatic rings. The molecule has 0 radical (unpaired) electrons. The minimum absolute atomic E-state index is 0.218. The topological polar surface area (TPSA) is 86.7 Å². The molecule has 0 bridgehead atoms. The summed E-state index contributed by atoms with van der Waals surface area (Å²) in [5.74, 6) is -2.38. The quantitative estimate of drug-likeness (QED) is 0.370. The van der Waals surface area contributed by atoms with Crippen LogP contribution in [0.2, 0.25) is 10.0 Å². The number of carbonyl (C=O) groups is 3. The molecule has 3 aromatic carbocycles. The molecule has 0 saturated carbocycles. The first-order valence-electron chi connectivity index (χ1n) is 9.85. The number of carboxylic acids is 1. The summed E-state index contributed by atoms with van der Waals surface area (Å²) in [6, 6.07) is 13.3. The van der Waals surface area contributed by atoms with Crippen molar-refractivity contribution in [2.24, 2.45) is 0 Å². The van der Waals surface area contributed by atoms with Crippen LogP contribution in [0.3, 0.4) is 0 Å².